The minimum absolute atomic E-state index is 0.0842. The number of rotatable bonds is 4. The summed E-state index contributed by atoms with van der Waals surface area (Å²) in [4.78, 5) is 0. The molecular formula is C16H24N2O2+2. The van der Waals surface area contributed by atoms with E-state index in [4.69, 9.17) is 8.83 Å². The van der Waals surface area contributed by atoms with Crippen molar-refractivity contribution in [2.24, 2.45) is 0 Å². The number of quaternary nitrogens is 2. The lowest BCUT2D eigenvalue weighted by Gasteiger charge is -2.33. The Balaban J connectivity index is 2.03. The normalized spacial score (nSPS) is 18.3. The summed E-state index contributed by atoms with van der Waals surface area (Å²) in [6, 6.07) is 8.31. The van der Waals surface area contributed by atoms with Gasteiger partial charge in [-0.3, -0.25) is 0 Å². The summed E-state index contributed by atoms with van der Waals surface area (Å²) >= 11 is 0. The highest BCUT2D eigenvalue weighted by Gasteiger charge is 2.41. The predicted octanol–water partition coefficient (Wildman–Crippen LogP) is 1.61. The molecule has 0 bridgehead atoms. The molecule has 3 rings (SSSR count). The predicted molar refractivity (Wildman–Crippen MR) is 74.5 cm³/mol. The molecule has 0 aliphatic heterocycles. The Bertz CT molecular complexity index is 520. The van der Waals surface area contributed by atoms with Crippen LogP contribution in [0.4, 0.5) is 0 Å². The van der Waals surface area contributed by atoms with Crippen molar-refractivity contribution in [3.63, 3.8) is 0 Å². The molecule has 2 aromatic rings. The fraction of sp³-hybridized carbons (Fsp3) is 0.500. The van der Waals surface area contributed by atoms with Gasteiger partial charge in [0.05, 0.1) is 5.41 Å². The fourth-order valence-corrected chi connectivity index (χ4v) is 3.31. The van der Waals surface area contributed by atoms with Gasteiger partial charge >= 0.3 is 0 Å². The highest BCUT2D eigenvalue weighted by atomic mass is 16.4. The van der Waals surface area contributed by atoms with Gasteiger partial charge in [-0.1, -0.05) is 19.3 Å². The van der Waals surface area contributed by atoms with Gasteiger partial charge in [-0.2, -0.15) is 0 Å². The summed E-state index contributed by atoms with van der Waals surface area (Å²) in [6.45, 7) is 1.39. The van der Waals surface area contributed by atoms with Crippen LogP contribution in [0.2, 0.25) is 0 Å². The maximum absolute atomic E-state index is 6.03. The van der Waals surface area contributed by atoms with Crippen molar-refractivity contribution in [2.75, 3.05) is 0 Å². The third-order valence-electron chi connectivity index (χ3n) is 4.47. The fourth-order valence-electron chi connectivity index (χ4n) is 3.31. The van der Waals surface area contributed by atoms with E-state index in [0.717, 1.165) is 35.9 Å². The minimum Gasteiger partial charge on any atom is -0.459 e. The molecule has 0 aromatic carbocycles. The molecule has 1 aliphatic carbocycles. The molecule has 0 amide bonds. The van der Waals surface area contributed by atoms with Gasteiger partial charge < -0.3 is 20.3 Å². The summed E-state index contributed by atoms with van der Waals surface area (Å²) in [5.41, 5.74) is 7.72. The van der Waals surface area contributed by atoms with Gasteiger partial charge in [-0.05, 0) is 37.1 Å². The zero-order valence-corrected chi connectivity index (χ0v) is 12.0. The van der Waals surface area contributed by atoms with Crippen molar-refractivity contribution in [1.82, 2.24) is 0 Å². The zero-order chi connectivity index (χ0) is 14.0. The lowest BCUT2D eigenvalue weighted by molar-refractivity contribution is -0.390. The Hall–Kier alpha value is -1.52. The van der Waals surface area contributed by atoms with E-state index < -0.39 is 0 Å². The van der Waals surface area contributed by atoms with Gasteiger partial charge in [0.1, 0.15) is 24.6 Å². The maximum Gasteiger partial charge on any atom is 0.158 e. The van der Waals surface area contributed by atoms with Gasteiger partial charge in [0, 0.05) is 0 Å². The van der Waals surface area contributed by atoms with Gasteiger partial charge in [-0.15, -0.1) is 0 Å². The van der Waals surface area contributed by atoms with Crippen LogP contribution in [0.25, 0.3) is 0 Å². The molecule has 6 N–H and O–H groups in total. The van der Waals surface area contributed by atoms with Gasteiger partial charge in [0.15, 0.2) is 11.5 Å². The van der Waals surface area contributed by atoms with Crippen LogP contribution in [0, 0.1) is 0 Å². The largest absolute Gasteiger partial charge is 0.459 e. The minimum atomic E-state index is -0.0842. The van der Waals surface area contributed by atoms with Crippen LogP contribution >= 0.6 is 0 Å². The van der Waals surface area contributed by atoms with Gasteiger partial charge in [0.2, 0.25) is 0 Å². The molecule has 0 radical (unpaired) electrons. The Morgan fingerprint density at radius 2 is 1.30 bits per heavy atom. The van der Waals surface area contributed by atoms with Crippen molar-refractivity contribution < 1.29 is 20.3 Å². The van der Waals surface area contributed by atoms with Gasteiger partial charge in [0.25, 0.3) is 0 Å². The van der Waals surface area contributed by atoms with E-state index in [-0.39, 0.29) is 5.41 Å². The third kappa shape index (κ3) is 2.19. The standard InChI is InChI=1S/C16H22N2O2/c17-10-12-4-6-14(19-12)16(8-2-1-3-9-16)15-7-5-13(11-18)20-15/h4-7H,1-3,8-11,17-18H2/p+2. The van der Waals surface area contributed by atoms with E-state index in [2.05, 4.69) is 23.6 Å². The van der Waals surface area contributed by atoms with Crippen LogP contribution in [0.1, 0.15) is 55.1 Å². The first-order valence-corrected chi connectivity index (χ1v) is 7.55. The van der Waals surface area contributed by atoms with Crippen LogP contribution in [-0.4, -0.2) is 0 Å². The van der Waals surface area contributed by atoms with E-state index in [1.807, 2.05) is 12.1 Å². The maximum atomic E-state index is 6.03. The molecule has 20 heavy (non-hydrogen) atoms. The van der Waals surface area contributed by atoms with E-state index in [1.54, 1.807) is 0 Å². The Labute approximate surface area is 119 Å². The SMILES string of the molecule is [NH3+]Cc1ccc(C2(c3ccc(C[NH3+])o3)CCCCC2)o1. The molecular weight excluding hydrogens is 252 g/mol. The monoisotopic (exact) mass is 276 g/mol. The zero-order valence-electron chi connectivity index (χ0n) is 12.0. The van der Waals surface area contributed by atoms with Crippen LogP contribution in [0.3, 0.4) is 0 Å². The summed E-state index contributed by atoms with van der Waals surface area (Å²) in [6.07, 6.45) is 5.94. The quantitative estimate of drug-likeness (QED) is 0.889. The van der Waals surface area contributed by atoms with Crippen LogP contribution < -0.4 is 11.5 Å². The Morgan fingerprint density at radius 1 is 0.800 bits per heavy atom. The highest BCUT2D eigenvalue weighted by molar-refractivity contribution is 5.31. The lowest BCUT2D eigenvalue weighted by atomic mass is 9.70. The molecule has 0 saturated heterocycles. The molecule has 1 fully saturated rings. The lowest BCUT2D eigenvalue weighted by Crippen LogP contribution is -2.47. The van der Waals surface area contributed by atoms with E-state index >= 15 is 0 Å². The molecule has 0 spiro atoms. The molecule has 1 aliphatic rings. The molecule has 2 heterocycles. The number of furan rings is 2. The first-order valence-electron chi connectivity index (χ1n) is 7.55. The van der Waals surface area contributed by atoms with Gasteiger partial charge in [-0.25, -0.2) is 0 Å². The molecule has 108 valence electrons. The topological polar surface area (TPSA) is 81.6 Å². The average molecular weight is 276 g/mol. The van der Waals surface area contributed by atoms with Crippen molar-refractivity contribution in [3.8, 4) is 0 Å². The average Bonchev–Trinajstić information content (AvgIpc) is 3.17. The first-order chi connectivity index (χ1) is 9.78. The molecule has 2 aromatic heterocycles. The van der Waals surface area contributed by atoms with Crippen molar-refractivity contribution in [2.45, 2.75) is 50.6 Å². The number of hydrogen-bond acceptors (Lipinski definition) is 2. The molecule has 1 saturated carbocycles. The Morgan fingerprint density at radius 3 is 1.70 bits per heavy atom. The smallest absolute Gasteiger partial charge is 0.158 e. The van der Waals surface area contributed by atoms with Crippen LogP contribution in [0.15, 0.2) is 33.1 Å². The molecule has 4 nitrogen and oxygen atoms in total. The Kier molecular flexibility index (Phi) is 3.68. The number of hydrogen-bond donors (Lipinski definition) is 2. The summed E-state index contributed by atoms with van der Waals surface area (Å²) in [5.74, 6) is 3.99. The van der Waals surface area contributed by atoms with E-state index in [0.29, 0.717) is 13.1 Å². The molecule has 4 heteroatoms. The van der Waals surface area contributed by atoms with Crippen LogP contribution in [-0.2, 0) is 18.5 Å². The summed E-state index contributed by atoms with van der Waals surface area (Å²) in [7, 11) is 0. The third-order valence-corrected chi connectivity index (χ3v) is 4.47. The first kappa shape index (κ1) is 13.5. The highest BCUT2D eigenvalue weighted by Crippen LogP contribution is 2.45. The van der Waals surface area contributed by atoms with Crippen LogP contribution in [0.5, 0.6) is 0 Å². The van der Waals surface area contributed by atoms with Crippen molar-refractivity contribution in [3.05, 3.63) is 47.3 Å². The summed E-state index contributed by atoms with van der Waals surface area (Å²) in [5, 5.41) is 0. The second-order valence-electron chi connectivity index (χ2n) is 5.67. The molecule has 0 unspecified atom stereocenters. The van der Waals surface area contributed by atoms with Crippen molar-refractivity contribution >= 4 is 0 Å². The van der Waals surface area contributed by atoms with E-state index in [1.165, 1.54) is 19.3 Å². The molecule has 0 atom stereocenters. The van der Waals surface area contributed by atoms with Crippen molar-refractivity contribution in [1.29, 1.82) is 0 Å². The summed E-state index contributed by atoms with van der Waals surface area (Å²) < 4.78 is 12.1. The van der Waals surface area contributed by atoms with E-state index in [9.17, 15) is 0 Å². The second-order valence-corrected chi connectivity index (χ2v) is 5.67. The second kappa shape index (κ2) is 5.46.